The van der Waals surface area contributed by atoms with Crippen LogP contribution in [0.15, 0.2) is 30.6 Å². The number of pyridine rings is 1. The van der Waals surface area contributed by atoms with Crippen LogP contribution in [0.3, 0.4) is 0 Å². The molecule has 0 saturated carbocycles. The van der Waals surface area contributed by atoms with Gasteiger partial charge in [-0.15, -0.1) is 0 Å². The number of hydrogen-bond acceptors (Lipinski definition) is 5. The molecular weight excluding hydrogens is 262 g/mol. The molecule has 0 aliphatic carbocycles. The van der Waals surface area contributed by atoms with E-state index in [-0.39, 0.29) is 10.6 Å². The zero-order valence-corrected chi connectivity index (χ0v) is 11.0. The van der Waals surface area contributed by atoms with Gasteiger partial charge in [0.1, 0.15) is 0 Å². The van der Waals surface area contributed by atoms with Crippen molar-refractivity contribution >= 4 is 33.9 Å². The molecule has 1 aliphatic rings. The fraction of sp³-hybridized carbons (Fsp3) is 0.308. The van der Waals surface area contributed by atoms with Crippen LogP contribution in [0.2, 0.25) is 0 Å². The van der Waals surface area contributed by atoms with Gasteiger partial charge in [-0.05, 0) is 24.3 Å². The van der Waals surface area contributed by atoms with E-state index in [1.165, 1.54) is 5.75 Å². The predicted molar refractivity (Wildman–Crippen MR) is 77.8 cm³/mol. The summed E-state index contributed by atoms with van der Waals surface area (Å²) in [4.78, 5) is 14.7. The molecule has 1 fully saturated rings. The van der Waals surface area contributed by atoms with E-state index in [4.69, 9.17) is 0 Å². The Morgan fingerprint density at radius 1 is 1.37 bits per heavy atom. The molecule has 1 unspecified atom stereocenters. The second kappa shape index (κ2) is 5.05. The summed E-state index contributed by atoms with van der Waals surface area (Å²) in [5, 5.41) is 16.0. The molecule has 2 heterocycles. The third-order valence-corrected chi connectivity index (χ3v) is 4.44. The number of nitrogens with zero attached hydrogens (tertiary/aromatic N) is 2. The first-order valence-corrected chi connectivity index (χ1v) is 7.26. The molecule has 0 radical (unpaired) electrons. The number of nitro benzene ring substituents is 1. The molecule has 1 N–H and O–H groups in total. The highest BCUT2D eigenvalue weighted by atomic mass is 32.2. The van der Waals surface area contributed by atoms with Crippen LogP contribution in [0.1, 0.15) is 6.42 Å². The summed E-state index contributed by atoms with van der Waals surface area (Å²) in [5.74, 6) is 2.26. The molecule has 2 aromatic rings. The number of anilines is 1. The zero-order chi connectivity index (χ0) is 13.2. The smallest absolute Gasteiger partial charge is 0.278 e. The number of benzene rings is 1. The Balaban J connectivity index is 2.05. The molecule has 0 spiro atoms. The van der Waals surface area contributed by atoms with Crippen LogP contribution < -0.4 is 5.32 Å². The Morgan fingerprint density at radius 3 is 3.00 bits per heavy atom. The summed E-state index contributed by atoms with van der Waals surface area (Å²) in [6, 6.07) is 5.62. The maximum absolute atomic E-state index is 11.0. The predicted octanol–water partition coefficient (Wildman–Crippen LogP) is 3.06. The molecule has 1 aliphatic heterocycles. The molecule has 1 saturated heterocycles. The quantitative estimate of drug-likeness (QED) is 0.688. The van der Waals surface area contributed by atoms with Gasteiger partial charge in [0.05, 0.1) is 10.3 Å². The lowest BCUT2D eigenvalue weighted by Crippen LogP contribution is -2.18. The number of nitro groups is 1. The van der Waals surface area contributed by atoms with Crippen LogP contribution in [-0.4, -0.2) is 27.5 Å². The SMILES string of the molecule is O=[N+]([O-])c1ccc(NC2CCSC2)c2ccncc12. The second-order valence-electron chi connectivity index (χ2n) is 4.52. The topological polar surface area (TPSA) is 68.1 Å². The first kappa shape index (κ1) is 12.2. The fourth-order valence-corrected chi connectivity index (χ4v) is 3.48. The largest absolute Gasteiger partial charge is 0.381 e. The van der Waals surface area contributed by atoms with Crippen molar-refractivity contribution in [1.29, 1.82) is 0 Å². The highest BCUT2D eigenvalue weighted by molar-refractivity contribution is 7.99. The molecule has 1 atom stereocenters. The lowest BCUT2D eigenvalue weighted by Gasteiger charge is -2.14. The Hall–Kier alpha value is -1.82. The number of hydrogen-bond donors (Lipinski definition) is 1. The third kappa shape index (κ3) is 2.35. The van der Waals surface area contributed by atoms with Gasteiger partial charge < -0.3 is 5.32 Å². The van der Waals surface area contributed by atoms with Gasteiger partial charge in [-0.2, -0.15) is 11.8 Å². The molecule has 98 valence electrons. The number of rotatable bonds is 3. The summed E-state index contributed by atoms with van der Waals surface area (Å²) in [6.45, 7) is 0. The minimum Gasteiger partial charge on any atom is -0.381 e. The highest BCUT2D eigenvalue weighted by Gasteiger charge is 2.18. The Labute approximate surface area is 114 Å². The number of nitrogens with one attached hydrogen (secondary N) is 1. The minimum absolute atomic E-state index is 0.106. The Morgan fingerprint density at radius 2 is 2.26 bits per heavy atom. The maximum Gasteiger partial charge on any atom is 0.278 e. The van der Waals surface area contributed by atoms with Crippen molar-refractivity contribution in [3.63, 3.8) is 0 Å². The van der Waals surface area contributed by atoms with Gasteiger partial charge in [0.15, 0.2) is 0 Å². The summed E-state index contributed by atoms with van der Waals surface area (Å²) in [7, 11) is 0. The first-order valence-electron chi connectivity index (χ1n) is 6.11. The van der Waals surface area contributed by atoms with E-state index < -0.39 is 0 Å². The highest BCUT2D eigenvalue weighted by Crippen LogP contribution is 2.32. The Kier molecular flexibility index (Phi) is 3.25. The van der Waals surface area contributed by atoms with Crippen molar-refractivity contribution in [2.75, 3.05) is 16.8 Å². The average Bonchev–Trinajstić information content (AvgIpc) is 2.91. The number of fused-ring (bicyclic) bond motifs is 1. The molecule has 6 heteroatoms. The monoisotopic (exact) mass is 275 g/mol. The minimum atomic E-state index is -0.362. The van der Waals surface area contributed by atoms with Crippen LogP contribution >= 0.6 is 11.8 Å². The van der Waals surface area contributed by atoms with E-state index in [0.29, 0.717) is 11.4 Å². The van der Waals surface area contributed by atoms with Crippen molar-refractivity contribution in [2.45, 2.75) is 12.5 Å². The summed E-state index contributed by atoms with van der Waals surface area (Å²) in [6.07, 6.45) is 4.36. The van der Waals surface area contributed by atoms with E-state index in [1.807, 2.05) is 17.8 Å². The number of thioether (sulfide) groups is 1. The van der Waals surface area contributed by atoms with Gasteiger partial charge >= 0.3 is 0 Å². The van der Waals surface area contributed by atoms with Crippen LogP contribution in [0.25, 0.3) is 10.8 Å². The van der Waals surface area contributed by atoms with Crippen molar-refractivity contribution in [3.8, 4) is 0 Å². The molecule has 0 amide bonds. The van der Waals surface area contributed by atoms with Gasteiger partial charge in [0, 0.05) is 41.3 Å². The molecule has 1 aromatic carbocycles. The third-order valence-electron chi connectivity index (χ3n) is 3.28. The lowest BCUT2D eigenvalue weighted by atomic mass is 10.1. The van der Waals surface area contributed by atoms with E-state index in [0.717, 1.165) is 23.2 Å². The summed E-state index contributed by atoms with van der Waals surface area (Å²) >= 11 is 1.93. The fourth-order valence-electron chi connectivity index (χ4n) is 2.33. The number of non-ortho nitro benzene ring substituents is 1. The van der Waals surface area contributed by atoms with Crippen molar-refractivity contribution in [3.05, 3.63) is 40.7 Å². The summed E-state index contributed by atoms with van der Waals surface area (Å²) < 4.78 is 0. The van der Waals surface area contributed by atoms with Gasteiger partial charge in [-0.3, -0.25) is 15.1 Å². The first-order chi connectivity index (χ1) is 9.25. The maximum atomic E-state index is 11.0. The van der Waals surface area contributed by atoms with Crippen LogP contribution in [0, 0.1) is 10.1 Å². The molecule has 19 heavy (non-hydrogen) atoms. The normalized spacial score (nSPS) is 18.6. The van der Waals surface area contributed by atoms with Crippen LogP contribution in [0.5, 0.6) is 0 Å². The lowest BCUT2D eigenvalue weighted by molar-refractivity contribution is -0.383. The van der Waals surface area contributed by atoms with E-state index in [1.54, 1.807) is 24.5 Å². The standard InChI is InChI=1S/C13H13N3O2S/c17-16(18)13-2-1-12(15-9-4-6-19-8-9)10-3-5-14-7-11(10)13/h1-3,5,7,9,15H,4,6,8H2. The molecule has 5 nitrogen and oxygen atoms in total. The van der Waals surface area contributed by atoms with Crippen molar-refractivity contribution in [1.82, 2.24) is 4.98 Å². The Bertz CT molecular complexity index is 626. The molecule has 1 aromatic heterocycles. The molecule has 3 rings (SSSR count). The summed E-state index contributed by atoms with van der Waals surface area (Å²) in [5.41, 5.74) is 1.06. The number of aromatic nitrogens is 1. The van der Waals surface area contributed by atoms with Crippen molar-refractivity contribution in [2.24, 2.45) is 0 Å². The zero-order valence-electron chi connectivity index (χ0n) is 10.2. The molecular formula is C13H13N3O2S. The van der Waals surface area contributed by atoms with Gasteiger partial charge in [0.25, 0.3) is 5.69 Å². The van der Waals surface area contributed by atoms with Gasteiger partial charge in [0.2, 0.25) is 0 Å². The van der Waals surface area contributed by atoms with E-state index in [2.05, 4.69) is 10.3 Å². The van der Waals surface area contributed by atoms with E-state index >= 15 is 0 Å². The second-order valence-corrected chi connectivity index (χ2v) is 5.67. The van der Waals surface area contributed by atoms with E-state index in [9.17, 15) is 10.1 Å². The van der Waals surface area contributed by atoms with Crippen LogP contribution in [-0.2, 0) is 0 Å². The van der Waals surface area contributed by atoms with Gasteiger partial charge in [-0.1, -0.05) is 0 Å². The average molecular weight is 275 g/mol. The molecule has 0 bridgehead atoms. The van der Waals surface area contributed by atoms with Crippen LogP contribution in [0.4, 0.5) is 11.4 Å². The van der Waals surface area contributed by atoms with Crippen molar-refractivity contribution < 1.29 is 4.92 Å². The van der Waals surface area contributed by atoms with Gasteiger partial charge in [-0.25, -0.2) is 0 Å².